The largest absolute Gasteiger partial charge is 0.309 e. The lowest BCUT2D eigenvalue weighted by atomic mass is 9.93. The predicted molar refractivity (Wildman–Crippen MR) is 205 cm³/mol. The summed E-state index contributed by atoms with van der Waals surface area (Å²) in [7, 11) is 0. The molecule has 0 amide bonds. The van der Waals surface area contributed by atoms with E-state index >= 15 is 0 Å². The van der Waals surface area contributed by atoms with Gasteiger partial charge in [0.25, 0.3) is 0 Å². The van der Waals surface area contributed by atoms with Gasteiger partial charge in [0.1, 0.15) is 0 Å². The smallest absolute Gasteiger partial charge is 0.160 e. The number of aromatic nitrogens is 3. The number of hydrogen-bond donors (Lipinski definition) is 0. The van der Waals surface area contributed by atoms with Crippen molar-refractivity contribution >= 4 is 49.6 Å². The standard InChI is InChI=1S/C46H31N3/c1-2-13-37(14-3-1)49-42-26-25-36(29-40(42)44-38-15-7-6-11-32(38)24-27-43(44)49)46-47-41-17-9-8-16-39(41)45(48-46)33-21-18-31(19-22-33)35-23-20-30-10-4-5-12-34(30)28-35/h1-4,6-11,13-29H,5,12H2. The molecular formula is C46H31N3. The summed E-state index contributed by atoms with van der Waals surface area (Å²) in [5.41, 5.74) is 12.7. The van der Waals surface area contributed by atoms with Crippen LogP contribution in [0.15, 0.2) is 158 Å². The van der Waals surface area contributed by atoms with Gasteiger partial charge in [-0.1, -0.05) is 121 Å². The van der Waals surface area contributed by atoms with E-state index in [0.29, 0.717) is 0 Å². The maximum Gasteiger partial charge on any atom is 0.160 e. The fourth-order valence-electron chi connectivity index (χ4n) is 7.64. The average molecular weight is 626 g/mol. The van der Waals surface area contributed by atoms with E-state index in [0.717, 1.165) is 57.6 Å². The molecule has 0 unspecified atom stereocenters. The Balaban J connectivity index is 1.14. The van der Waals surface area contributed by atoms with Crippen LogP contribution in [0.5, 0.6) is 0 Å². The molecule has 0 radical (unpaired) electrons. The number of allylic oxidation sites excluding steroid dienone is 1. The van der Waals surface area contributed by atoms with E-state index in [1.54, 1.807) is 0 Å². The zero-order valence-electron chi connectivity index (χ0n) is 26.8. The summed E-state index contributed by atoms with van der Waals surface area (Å²) in [4.78, 5) is 10.4. The number of aryl methyl sites for hydroxylation is 1. The third-order valence-electron chi connectivity index (χ3n) is 10.0. The predicted octanol–water partition coefficient (Wildman–Crippen LogP) is 11.8. The Morgan fingerprint density at radius 3 is 2.14 bits per heavy atom. The zero-order valence-corrected chi connectivity index (χ0v) is 26.8. The van der Waals surface area contributed by atoms with Crippen LogP contribution in [0.25, 0.3) is 89.0 Å². The first kappa shape index (κ1) is 27.8. The highest BCUT2D eigenvalue weighted by Gasteiger charge is 2.18. The molecule has 0 aliphatic heterocycles. The molecule has 1 aliphatic carbocycles. The SMILES string of the molecule is C1=Cc2ccc(-c3ccc(-c4nc(-c5ccc6c(c5)c5c7ccccc7ccc5n6-c5ccccc5)nc5ccccc45)cc3)cc2CC1. The molecule has 3 heteroatoms. The van der Waals surface area contributed by atoms with Crippen molar-refractivity contribution in [3.05, 3.63) is 169 Å². The molecule has 2 heterocycles. The topological polar surface area (TPSA) is 30.7 Å². The quantitative estimate of drug-likeness (QED) is 0.195. The van der Waals surface area contributed by atoms with Crippen molar-refractivity contribution in [2.45, 2.75) is 12.8 Å². The molecule has 49 heavy (non-hydrogen) atoms. The van der Waals surface area contributed by atoms with Gasteiger partial charge in [-0.3, -0.25) is 0 Å². The van der Waals surface area contributed by atoms with Gasteiger partial charge >= 0.3 is 0 Å². The van der Waals surface area contributed by atoms with E-state index in [1.165, 1.54) is 49.3 Å². The van der Waals surface area contributed by atoms with Gasteiger partial charge < -0.3 is 4.57 Å². The molecular weight excluding hydrogens is 595 g/mol. The minimum Gasteiger partial charge on any atom is -0.309 e. The van der Waals surface area contributed by atoms with Crippen LogP contribution in [-0.2, 0) is 6.42 Å². The van der Waals surface area contributed by atoms with E-state index in [9.17, 15) is 0 Å². The molecule has 230 valence electrons. The Morgan fingerprint density at radius 2 is 1.24 bits per heavy atom. The fraction of sp³-hybridized carbons (Fsp3) is 0.0435. The van der Waals surface area contributed by atoms with Gasteiger partial charge in [0.15, 0.2) is 5.82 Å². The highest BCUT2D eigenvalue weighted by Crippen LogP contribution is 2.39. The van der Waals surface area contributed by atoms with Crippen LogP contribution >= 0.6 is 0 Å². The van der Waals surface area contributed by atoms with Crippen LogP contribution in [0.4, 0.5) is 0 Å². The van der Waals surface area contributed by atoms with E-state index < -0.39 is 0 Å². The lowest BCUT2D eigenvalue weighted by molar-refractivity contribution is 0.986. The summed E-state index contributed by atoms with van der Waals surface area (Å²) < 4.78 is 2.37. The summed E-state index contributed by atoms with van der Waals surface area (Å²) in [6, 6.07) is 54.5. The van der Waals surface area contributed by atoms with Crippen molar-refractivity contribution in [1.29, 1.82) is 0 Å². The molecule has 1 aliphatic rings. The molecule has 0 atom stereocenters. The molecule has 0 bridgehead atoms. The van der Waals surface area contributed by atoms with Gasteiger partial charge in [-0.05, 0) is 88.3 Å². The first-order valence-electron chi connectivity index (χ1n) is 17.0. The summed E-state index contributed by atoms with van der Waals surface area (Å²) >= 11 is 0. The van der Waals surface area contributed by atoms with Crippen LogP contribution in [-0.4, -0.2) is 14.5 Å². The number of fused-ring (bicyclic) bond motifs is 7. The van der Waals surface area contributed by atoms with Crippen molar-refractivity contribution in [1.82, 2.24) is 14.5 Å². The minimum atomic E-state index is 0.725. The normalized spacial score (nSPS) is 12.7. The molecule has 10 rings (SSSR count). The van der Waals surface area contributed by atoms with E-state index in [2.05, 4.69) is 168 Å². The number of nitrogens with zero attached hydrogens (tertiary/aromatic N) is 3. The molecule has 0 fully saturated rings. The van der Waals surface area contributed by atoms with Crippen molar-refractivity contribution in [3.63, 3.8) is 0 Å². The highest BCUT2D eigenvalue weighted by molar-refractivity contribution is 6.21. The number of para-hydroxylation sites is 2. The Bertz CT molecular complexity index is 2750. The van der Waals surface area contributed by atoms with Crippen LogP contribution < -0.4 is 0 Å². The first-order chi connectivity index (χ1) is 24.3. The first-order valence-corrected chi connectivity index (χ1v) is 17.0. The molecule has 0 saturated carbocycles. The Hall–Kier alpha value is -6.32. The second kappa shape index (κ2) is 11.1. The number of hydrogen-bond acceptors (Lipinski definition) is 2. The van der Waals surface area contributed by atoms with E-state index in [-0.39, 0.29) is 0 Å². The van der Waals surface area contributed by atoms with Crippen LogP contribution in [0.1, 0.15) is 17.5 Å². The van der Waals surface area contributed by atoms with Gasteiger partial charge in [0, 0.05) is 33.0 Å². The molecule has 7 aromatic carbocycles. The lowest BCUT2D eigenvalue weighted by Crippen LogP contribution is -1.96. The summed E-state index contributed by atoms with van der Waals surface area (Å²) in [5, 5.41) is 5.96. The third-order valence-corrected chi connectivity index (χ3v) is 10.0. The van der Waals surface area contributed by atoms with Crippen LogP contribution in [0, 0.1) is 0 Å². The molecule has 2 aromatic heterocycles. The fourth-order valence-corrected chi connectivity index (χ4v) is 7.64. The minimum absolute atomic E-state index is 0.725. The zero-order chi connectivity index (χ0) is 32.3. The van der Waals surface area contributed by atoms with Crippen molar-refractivity contribution in [2.24, 2.45) is 0 Å². The lowest BCUT2D eigenvalue weighted by Gasteiger charge is -2.13. The Morgan fingerprint density at radius 1 is 0.510 bits per heavy atom. The van der Waals surface area contributed by atoms with Gasteiger partial charge in [-0.2, -0.15) is 0 Å². The Kier molecular flexibility index (Phi) is 6.31. The van der Waals surface area contributed by atoms with E-state index in [4.69, 9.17) is 9.97 Å². The summed E-state index contributed by atoms with van der Waals surface area (Å²) in [6.45, 7) is 0. The van der Waals surface area contributed by atoms with Crippen LogP contribution in [0.3, 0.4) is 0 Å². The van der Waals surface area contributed by atoms with Crippen molar-refractivity contribution < 1.29 is 0 Å². The number of rotatable bonds is 4. The van der Waals surface area contributed by atoms with Gasteiger partial charge in [0.2, 0.25) is 0 Å². The van der Waals surface area contributed by atoms with Gasteiger partial charge in [0.05, 0.1) is 22.2 Å². The molecule has 0 spiro atoms. The van der Waals surface area contributed by atoms with Gasteiger partial charge in [-0.25, -0.2) is 9.97 Å². The second-order valence-corrected chi connectivity index (χ2v) is 12.9. The van der Waals surface area contributed by atoms with Crippen LogP contribution in [0.2, 0.25) is 0 Å². The molecule has 9 aromatic rings. The molecule has 0 N–H and O–H groups in total. The Labute approximate surface area is 284 Å². The van der Waals surface area contributed by atoms with Gasteiger partial charge in [-0.15, -0.1) is 0 Å². The van der Waals surface area contributed by atoms with E-state index in [1.807, 2.05) is 0 Å². The monoisotopic (exact) mass is 625 g/mol. The summed E-state index contributed by atoms with van der Waals surface area (Å²) in [6.07, 6.45) is 6.71. The summed E-state index contributed by atoms with van der Waals surface area (Å²) in [5.74, 6) is 0.725. The molecule has 0 saturated heterocycles. The maximum absolute atomic E-state index is 5.29. The maximum atomic E-state index is 5.29. The highest BCUT2D eigenvalue weighted by atomic mass is 15.0. The second-order valence-electron chi connectivity index (χ2n) is 12.9. The van der Waals surface area contributed by atoms with Crippen molar-refractivity contribution in [2.75, 3.05) is 0 Å². The van der Waals surface area contributed by atoms with Crippen molar-refractivity contribution in [3.8, 4) is 39.5 Å². The number of benzene rings is 7. The molecule has 3 nitrogen and oxygen atoms in total. The third kappa shape index (κ3) is 4.58. The average Bonchev–Trinajstić information content (AvgIpc) is 3.52.